The molecule has 2 N–H and O–H groups in total. The third-order valence-corrected chi connectivity index (χ3v) is 2.68. The zero-order valence-electron chi connectivity index (χ0n) is 9.78. The number of halogens is 2. The Morgan fingerprint density at radius 1 is 1.39 bits per heavy atom. The molecule has 18 heavy (non-hydrogen) atoms. The summed E-state index contributed by atoms with van der Waals surface area (Å²) in [5.41, 5.74) is 7.33. The molecular weight excluding hydrogens is 255 g/mol. The largest absolute Gasteiger partial charge is 0.436 e. The lowest BCUT2D eigenvalue weighted by atomic mass is 10.1. The van der Waals surface area contributed by atoms with Crippen molar-refractivity contribution in [2.24, 2.45) is 5.73 Å². The van der Waals surface area contributed by atoms with E-state index in [-0.39, 0.29) is 10.9 Å². The Balaban J connectivity index is 2.33. The van der Waals surface area contributed by atoms with Crippen LogP contribution >= 0.6 is 11.6 Å². The number of aryl methyl sites for hydroxylation is 1. The second-order valence-electron chi connectivity index (χ2n) is 3.85. The lowest BCUT2D eigenvalue weighted by molar-refractivity contribution is 0.420. The van der Waals surface area contributed by atoms with Gasteiger partial charge in [-0.1, -0.05) is 23.7 Å². The lowest BCUT2D eigenvalue weighted by Crippen LogP contribution is -1.98. The molecular formula is C13H12ClFN2O. The molecule has 0 aliphatic carbocycles. The summed E-state index contributed by atoms with van der Waals surface area (Å²) in [4.78, 5) is 3.81. The summed E-state index contributed by atoms with van der Waals surface area (Å²) in [5.74, 6) is -0.164. The fourth-order valence-electron chi connectivity index (χ4n) is 1.46. The molecule has 2 rings (SSSR count). The van der Waals surface area contributed by atoms with Crippen molar-refractivity contribution in [1.29, 1.82) is 0 Å². The Bertz CT molecular complexity index is 575. The van der Waals surface area contributed by atoms with E-state index >= 15 is 0 Å². The van der Waals surface area contributed by atoms with E-state index in [0.29, 0.717) is 12.3 Å². The standard InChI is InChI=1S/C13H12ClFN2O/c1-8-2-3-9(6-16)4-12(8)18-13-11(15)5-10(14)7-17-13/h2-5,7H,6,16H2,1H3. The quantitative estimate of drug-likeness (QED) is 0.926. The minimum Gasteiger partial charge on any atom is -0.436 e. The van der Waals surface area contributed by atoms with Crippen LogP contribution in [-0.2, 0) is 6.54 Å². The summed E-state index contributed by atoms with van der Waals surface area (Å²) in [6.07, 6.45) is 1.34. The first kappa shape index (κ1) is 12.8. The summed E-state index contributed by atoms with van der Waals surface area (Å²) < 4.78 is 19.0. The molecule has 5 heteroatoms. The van der Waals surface area contributed by atoms with Gasteiger partial charge in [-0.25, -0.2) is 9.37 Å². The van der Waals surface area contributed by atoms with E-state index < -0.39 is 5.82 Å². The first-order valence-corrected chi connectivity index (χ1v) is 5.76. The van der Waals surface area contributed by atoms with Crippen LogP contribution in [0.5, 0.6) is 11.6 Å². The molecule has 0 bridgehead atoms. The van der Waals surface area contributed by atoms with Crippen LogP contribution in [-0.4, -0.2) is 4.98 Å². The zero-order valence-corrected chi connectivity index (χ0v) is 10.5. The molecule has 1 aromatic carbocycles. The second-order valence-corrected chi connectivity index (χ2v) is 4.28. The Labute approximate surface area is 109 Å². The van der Waals surface area contributed by atoms with Crippen molar-refractivity contribution in [3.63, 3.8) is 0 Å². The SMILES string of the molecule is Cc1ccc(CN)cc1Oc1ncc(Cl)cc1F. The molecule has 0 atom stereocenters. The minimum atomic E-state index is -0.597. The number of hydrogen-bond acceptors (Lipinski definition) is 3. The molecule has 0 saturated carbocycles. The van der Waals surface area contributed by atoms with Crippen LogP contribution in [0.4, 0.5) is 4.39 Å². The van der Waals surface area contributed by atoms with E-state index in [1.807, 2.05) is 19.1 Å². The number of pyridine rings is 1. The highest BCUT2D eigenvalue weighted by molar-refractivity contribution is 6.30. The number of nitrogens with zero attached hydrogens (tertiary/aromatic N) is 1. The second kappa shape index (κ2) is 5.33. The first-order valence-electron chi connectivity index (χ1n) is 5.38. The van der Waals surface area contributed by atoms with Crippen molar-refractivity contribution < 1.29 is 9.13 Å². The van der Waals surface area contributed by atoms with Crippen LogP contribution in [0.15, 0.2) is 30.5 Å². The number of benzene rings is 1. The van der Waals surface area contributed by atoms with Gasteiger partial charge in [0, 0.05) is 12.7 Å². The topological polar surface area (TPSA) is 48.1 Å². The zero-order chi connectivity index (χ0) is 13.1. The fraction of sp³-hybridized carbons (Fsp3) is 0.154. The van der Waals surface area contributed by atoms with Gasteiger partial charge < -0.3 is 10.5 Å². The van der Waals surface area contributed by atoms with Crippen LogP contribution in [0.1, 0.15) is 11.1 Å². The van der Waals surface area contributed by atoms with E-state index in [1.165, 1.54) is 6.20 Å². The Morgan fingerprint density at radius 2 is 2.17 bits per heavy atom. The van der Waals surface area contributed by atoms with Gasteiger partial charge in [0.2, 0.25) is 0 Å². The Morgan fingerprint density at radius 3 is 2.83 bits per heavy atom. The molecule has 3 nitrogen and oxygen atoms in total. The predicted molar refractivity (Wildman–Crippen MR) is 68.3 cm³/mol. The summed E-state index contributed by atoms with van der Waals surface area (Å²) in [6.45, 7) is 2.26. The maximum absolute atomic E-state index is 13.6. The molecule has 0 aliphatic heterocycles. The van der Waals surface area contributed by atoms with Gasteiger partial charge in [0.1, 0.15) is 5.75 Å². The average Bonchev–Trinajstić information content (AvgIpc) is 2.35. The minimum absolute atomic E-state index is 0.100. The number of hydrogen-bond donors (Lipinski definition) is 1. The molecule has 0 saturated heterocycles. The van der Waals surface area contributed by atoms with Gasteiger partial charge in [0.25, 0.3) is 5.88 Å². The van der Waals surface area contributed by atoms with Crippen LogP contribution in [0.3, 0.4) is 0 Å². The van der Waals surface area contributed by atoms with Crippen LogP contribution in [0, 0.1) is 12.7 Å². The van der Waals surface area contributed by atoms with Crippen LogP contribution in [0.2, 0.25) is 5.02 Å². The highest BCUT2D eigenvalue weighted by atomic mass is 35.5. The molecule has 2 aromatic rings. The van der Waals surface area contributed by atoms with Gasteiger partial charge in [-0.3, -0.25) is 0 Å². The summed E-state index contributed by atoms with van der Waals surface area (Å²) in [7, 11) is 0. The van der Waals surface area contributed by atoms with Gasteiger partial charge in [-0.2, -0.15) is 0 Å². The molecule has 0 amide bonds. The molecule has 0 unspecified atom stereocenters. The molecule has 0 fully saturated rings. The maximum Gasteiger partial charge on any atom is 0.255 e. The van der Waals surface area contributed by atoms with Crippen molar-refractivity contribution in [3.05, 3.63) is 52.4 Å². The van der Waals surface area contributed by atoms with Crippen molar-refractivity contribution in [3.8, 4) is 11.6 Å². The molecule has 94 valence electrons. The van der Waals surface area contributed by atoms with E-state index in [0.717, 1.165) is 17.2 Å². The van der Waals surface area contributed by atoms with Gasteiger partial charge in [0.15, 0.2) is 5.82 Å². The van der Waals surface area contributed by atoms with Crippen molar-refractivity contribution in [2.45, 2.75) is 13.5 Å². The lowest BCUT2D eigenvalue weighted by Gasteiger charge is -2.10. The molecule has 1 aromatic heterocycles. The summed E-state index contributed by atoms with van der Waals surface area (Å²) >= 11 is 5.62. The molecule has 0 aliphatic rings. The highest BCUT2D eigenvalue weighted by Crippen LogP contribution is 2.27. The highest BCUT2D eigenvalue weighted by Gasteiger charge is 2.09. The van der Waals surface area contributed by atoms with Gasteiger partial charge >= 0.3 is 0 Å². The predicted octanol–water partition coefficient (Wildman–Crippen LogP) is 3.43. The Hall–Kier alpha value is -1.65. The van der Waals surface area contributed by atoms with Gasteiger partial charge in [-0.05, 0) is 30.2 Å². The molecule has 0 spiro atoms. The molecule has 1 heterocycles. The van der Waals surface area contributed by atoms with Crippen molar-refractivity contribution in [1.82, 2.24) is 4.98 Å². The van der Waals surface area contributed by atoms with Crippen molar-refractivity contribution >= 4 is 11.6 Å². The van der Waals surface area contributed by atoms with Crippen molar-refractivity contribution in [2.75, 3.05) is 0 Å². The average molecular weight is 267 g/mol. The Kier molecular flexibility index (Phi) is 3.79. The van der Waals surface area contributed by atoms with E-state index in [4.69, 9.17) is 22.1 Å². The van der Waals surface area contributed by atoms with Gasteiger partial charge in [0.05, 0.1) is 5.02 Å². The monoisotopic (exact) mass is 266 g/mol. The first-order chi connectivity index (χ1) is 8.60. The fourth-order valence-corrected chi connectivity index (χ4v) is 1.61. The number of nitrogens with two attached hydrogens (primary N) is 1. The maximum atomic E-state index is 13.6. The normalized spacial score (nSPS) is 10.4. The third kappa shape index (κ3) is 2.78. The molecule has 0 radical (unpaired) electrons. The number of ether oxygens (including phenoxy) is 1. The summed E-state index contributed by atoms with van der Waals surface area (Å²) in [6, 6.07) is 6.69. The number of aromatic nitrogens is 1. The smallest absolute Gasteiger partial charge is 0.255 e. The van der Waals surface area contributed by atoms with E-state index in [9.17, 15) is 4.39 Å². The third-order valence-electron chi connectivity index (χ3n) is 2.47. The summed E-state index contributed by atoms with van der Waals surface area (Å²) in [5, 5.41) is 0.229. The van der Waals surface area contributed by atoms with Crippen LogP contribution in [0.25, 0.3) is 0 Å². The van der Waals surface area contributed by atoms with Gasteiger partial charge in [-0.15, -0.1) is 0 Å². The van der Waals surface area contributed by atoms with E-state index in [1.54, 1.807) is 6.07 Å². The number of rotatable bonds is 3. The van der Waals surface area contributed by atoms with Crippen LogP contribution < -0.4 is 10.5 Å². The van der Waals surface area contributed by atoms with E-state index in [2.05, 4.69) is 4.98 Å².